The lowest BCUT2D eigenvalue weighted by atomic mass is 10.2. The molecule has 9 heteroatoms. The second-order valence-electron chi connectivity index (χ2n) is 4.86. The first kappa shape index (κ1) is 16.2. The van der Waals surface area contributed by atoms with E-state index in [1.165, 1.54) is 35.6 Å². The van der Waals surface area contributed by atoms with Gasteiger partial charge in [-0.1, -0.05) is 0 Å². The number of primary sulfonamides is 1. The molecule has 0 spiro atoms. The van der Waals surface area contributed by atoms with Gasteiger partial charge in [0, 0.05) is 20.3 Å². The SMILES string of the molecule is CN(c1ccc(S(N)(=O)=O)cc1)S(=O)(=O)C1CCOCC1. The van der Waals surface area contributed by atoms with Crippen molar-refractivity contribution in [2.75, 3.05) is 24.6 Å². The van der Waals surface area contributed by atoms with Crippen LogP contribution in [-0.4, -0.2) is 42.3 Å². The summed E-state index contributed by atoms with van der Waals surface area (Å²) in [5, 5.41) is 4.53. The van der Waals surface area contributed by atoms with Crippen molar-refractivity contribution in [3.63, 3.8) is 0 Å². The number of ether oxygens (including phenoxy) is 1. The fourth-order valence-electron chi connectivity index (χ4n) is 2.19. The first-order chi connectivity index (χ1) is 9.73. The summed E-state index contributed by atoms with van der Waals surface area (Å²) in [7, 11) is -5.82. The summed E-state index contributed by atoms with van der Waals surface area (Å²) in [5.41, 5.74) is 0.397. The van der Waals surface area contributed by atoms with Crippen LogP contribution in [0.2, 0.25) is 0 Å². The molecule has 1 aromatic carbocycles. The molecule has 1 saturated heterocycles. The van der Waals surface area contributed by atoms with Gasteiger partial charge in [-0.2, -0.15) is 0 Å². The Hall–Kier alpha value is -1.16. The lowest BCUT2D eigenvalue weighted by molar-refractivity contribution is 0.0983. The van der Waals surface area contributed by atoms with Crippen molar-refractivity contribution in [3.8, 4) is 0 Å². The predicted molar refractivity (Wildman–Crippen MR) is 79.0 cm³/mol. The highest BCUT2D eigenvalue weighted by molar-refractivity contribution is 7.93. The molecule has 1 aliphatic heterocycles. The van der Waals surface area contributed by atoms with E-state index in [4.69, 9.17) is 9.88 Å². The van der Waals surface area contributed by atoms with E-state index in [0.29, 0.717) is 31.7 Å². The molecule has 2 rings (SSSR count). The van der Waals surface area contributed by atoms with Crippen LogP contribution in [0.25, 0.3) is 0 Å². The van der Waals surface area contributed by atoms with Gasteiger partial charge in [-0.3, -0.25) is 4.31 Å². The van der Waals surface area contributed by atoms with E-state index in [2.05, 4.69) is 0 Å². The first-order valence-corrected chi connectivity index (χ1v) is 9.46. The maximum atomic E-state index is 12.5. The summed E-state index contributed by atoms with van der Waals surface area (Å²) in [6, 6.07) is 5.44. The topological polar surface area (TPSA) is 107 Å². The fourth-order valence-corrected chi connectivity index (χ4v) is 4.36. The van der Waals surface area contributed by atoms with Crippen molar-refractivity contribution < 1.29 is 21.6 Å². The molecule has 7 nitrogen and oxygen atoms in total. The van der Waals surface area contributed by atoms with Crippen LogP contribution in [0, 0.1) is 0 Å². The highest BCUT2D eigenvalue weighted by atomic mass is 32.2. The fraction of sp³-hybridized carbons (Fsp3) is 0.500. The van der Waals surface area contributed by atoms with Gasteiger partial charge in [0.15, 0.2) is 0 Å². The zero-order chi connectivity index (χ0) is 15.7. The molecule has 118 valence electrons. The van der Waals surface area contributed by atoms with Gasteiger partial charge in [-0.25, -0.2) is 22.0 Å². The molecule has 1 fully saturated rings. The number of benzene rings is 1. The third kappa shape index (κ3) is 3.54. The molecule has 1 aromatic rings. The number of anilines is 1. The molecule has 0 radical (unpaired) electrons. The van der Waals surface area contributed by atoms with Crippen LogP contribution in [0.4, 0.5) is 5.69 Å². The maximum Gasteiger partial charge on any atom is 0.238 e. The van der Waals surface area contributed by atoms with Crippen LogP contribution in [0.1, 0.15) is 12.8 Å². The lowest BCUT2D eigenvalue weighted by Crippen LogP contribution is -2.39. The van der Waals surface area contributed by atoms with Gasteiger partial charge in [0.25, 0.3) is 0 Å². The van der Waals surface area contributed by atoms with Gasteiger partial charge in [0.1, 0.15) is 0 Å². The number of hydrogen-bond donors (Lipinski definition) is 1. The molecule has 1 heterocycles. The molecule has 0 unspecified atom stereocenters. The molecule has 1 aliphatic rings. The summed E-state index contributed by atoms with van der Waals surface area (Å²) >= 11 is 0. The van der Waals surface area contributed by atoms with Crippen molar-refractivity contribution in [1.82, 2.24) is 0 Å². The van der Waals surface area contributed by atoms with Crippen molar-refractivity contribution in [3.05, 3.63) is 24.3 Å². The Morgan fingerprint density at radius 2 is 1.62 bits per heavy atom. The number of nitrogens with two attached hydrogens (primary N) is 1. The molecule has 0 bridgehead atoms. The standard InChI is InChI=1S/C12H18N2O5S2/c1-14(21(17,18)12-6-8-19-9-7-12)10-2-4-11(5-3-10)20(13,15)16/h2-5,12H,6-9H2,1H3,(H2,13,15,16). The molecule has 0 saturated carbocycles. The summed E-state index contributed by atoms with van der Waals surface area (Å²) in [6.45, 7) is 0.865. The van der Waals surface area contributed by atoms with Crippen molar-refractivity contribution in [2.24, 2.45) is 5.14 Å². The van der Waals surface area contributed by atoms with E-state index in [1.807, 2.05) is 0 Å². The predicted octanol–water partition coefficient (Wildman–Crippen LogP) is 0.279. The van der Waals surface area contributed by atoms with Crippen molar-refractivity contribution in [2.45, 2.75) is 23.0 Å². The number of sulfonamides is 2. The largest absolute Gasteiger partial charge is 0.381 e. The Bertz CT molecular complexity index is 692. The van der Waals surface area contributed by atoms with E-state index >= 15 is 0 Å². The summed E-state index contributed by atoms with van der Waals surface area (Å²) in [4.78, 5) is -0.0527. The third-order valence-corrected chi connectivity index (χ3v) is 6.72. The summed E-state index contributed by atoms with van der Waals surface area (Å²) in [6.07, 6.45) is 0.921. The summed E-state index contributed by atoms with van der Waals surface area (Å²) in [5.74, 6) is 0. The highest BCUT2D eigenvalue weighted by Crippen LogP contribution is 2.24. The number of nitrogens with zero attached hydrogens (tertiary/aromatic N) is 1. The molecular weight excluding hydrogens is 316 g/mol. The highest BCUT2D eigenvalue weighted by Gasteiger charge is 2.31. The maximum absolute atomic E-state index is 12.5. The Balaban J connectivity index is 2.24. The quantitative estimate of drug-likeness (QED) is 0.851. The van der Waals surface area contributed by atoms with Gasteiger partial charge in [0.2, 0.25) is 20.0 Å². The number of rotatable bonds is 4. The third-order valence-electron chi connectivity index (χ3n) is 3.50. The second-order valence-corrected chi connectivity index (χ2v) is 8.67. The Morgan fingerprint density at radius 3 is 2.10 bits per heavy atom. The minimum absolute atomic E-state index is 0.0527. The van der Waals surface area contributed by atoms with Crippen molar-refractivity contribution >= 4 is 25.7 Å². The zero-order valence-electron chi connectivity index (χ0n) is 11.6. The monoisotopic (exact) mass is 334 g/mol. The molecule has 0 aromatic heterocycles. The van der Waals surface area contributed by atoms with Crippen LogP contribution in [0.3, 0.4) is 0 Å². The van der Waals surface area contributed by atoms with Crippen LogP contribution in [-0.2, 0) is 24.8 Å². The smallest absolute Gasteiger partial charge is 0.238 e. The number of hydrogen-bond acceptors (Lipinski definition) is 5. The molecule has 0 aliphatic carbocycles. The average molecular weight is 334 g/mol. The molecule has 0 amide bonds. The lowest BCUT2D eigenvalue weighted by Gasteiger charge is -2.28. The zero-order valence-corrected chi connectivity index (χ0v) is 13.2. The van der Waals surface area contributed by atoms with Gasteiger partial charge >= 0.3 is 0 Å². The van der Waals surface area contributed by atoms with E-state index in [1.54, 1.807) is 0 Å². The molecular formula is C12H18N2O5S2. The van der Waals surface area contributed by atoms with Gasteiger partial charge in [0.05, 0.1) is 15.8 Å². The Kier molecular flexibility index (Phi) is 4.57. The van der Waals surface area contributed by atoms with E-state index in [-0.39, 0.29) is 4.90 Å². The van der Waals surface area contributed by atoms with E-state index in [9.17, 15) is 16.8 Å². The molecule has 21 heavy (non-hydrogen) atoms. The van der Waals surface area contributed by atoms with E-state index in [0.717, 1.165) is 0 Å². The van der Waals surface area contributed by atoms with Crippen LogP contribution in [0.15, 0.2) is 29.2 Å². The van der Waals surface area contributed by atoms with Crippen LogP contribution < -0.4 is 9.44 Å². The minimum atomic E-state index is -3.79. The molecule has 2 N–H and O–H groups in total. The van der Waals surface area contributed by atoms with Gasteiger partial charge in [-0.15, -0.1) is 0 Å². The Labute approximate surface area is 124 Å². The first-order valence-electron chi connectivity index (χ1n) is 6.41. The van der Waals surface area contributed by atoms with Crippen LogP contribution >= 0.6 is 0 Å². The summed E-state index contributed by atoms with van der Waals surface area (Å²) < 4.78 is 53.7. The average Bonchev–Trinajstić information content (AvgIpc) is 2.46. The van der Waals surface area contributed by atoms with Crippen LogP contribution in [0.5, 0.6) is 0 Å². The normalized spacial score (nSPS) is 17.6. The van der Waals surface area contributed by atoms with E-state index < -0.39 is 25.3 Å². The minimum Gasteiger partial charge on any atom is -0.381 e. The Morgan fingerprint density at radius 1 is 1.10 bits per heavy atom. The van der Waals surface area contributed by atoms with Crippen molar-refractivity contribution in [1.29, 1.82) is 0 Å². The van der Waals surface area contributed by atoms with Gasteiger partial charge in [-0.05, 0) is 37.1 Å². The van der Waals surface area contributed by atoms with Gasteiger partial charge < -0.3 is 4.74 Å². The molecule has 0 atom stereocenters. The second kappa shape index (κ2) is 5.91.